The average molecular weight is 283 g/mol. The Morgan fingerprint density at radius 3 is 2.40 bits per heavy atom. The number of carbonyl (C=O) groups is 1. The van der Waals surface area contributed by atoms with Crippen molar-refractivity contribution in [3.05, 3.63) is 35.9 Å². The molecule has 1 amide bonds. The summed E-state index contributed by atoms with van der Waals surface area (Å²) < 4.78 is 4.95. The van der Waals surface area contributed by atoms with Gasteiger partial charge in [-0.05, 0) is 12.1 Å². The van der Waals surface area contributed by atoms with E-state index in [-0.39, 0.29) is 0 Å². The van der Waals surface area contributed by atoms with Crippen LogP contribution >= 0.6 is 0 Å². The zero-order valence-corrected chi connectivity index (χ0v) is 10.6. The summed E-state index contributed by atoms with van der Waals surface area (Å²) in [6, 6.07) is 7.07. The predicted octanol–water partition coefficient (Wildman–Crippen LogP) is -1.78. The van der Waals surface area contributed by atoms with Crippen molar-refractivity contribution >= 4 is 5.91 Å². The minimum atomic E-state index is -1.52. The van der Waals surface area contributed by atoms with Crippen LogP contribution in [0, 0.1) is 0 Å². The van der Waals surface area contributed by atoms with Crippen LogP contribution in [0.4, 0.5) is 0 Å². The Kier molecular flexibility index (Phi) is 4.69. The van der Waals surface area contributed by atoms with Crippen molar-refractivity contribution in [1.82, 2.24) is 5.32 Å². The molecule has 1 heterocycles. The van der Waals surface area contributed by atoms with Crippen molar-refractivity contribution in [2.75, 3.05) is 6.61 Å². The van der Waals surface area contributed by atoms with Gasteiger partial charge >= 0.3 is 0 Å². The lowest BCUT2D eigenvalue weighted by atomic mass is 9.97. The van der Waals surface area contributed by atoms with Crippen LogP contribution in [-0.2, 0) is 4.74 Å². The molecule has 20 heavy (non-hydrogen) atoms. The van der Waals surface area contributed by atoms with Crippen LogP contribution in [0.25, 0.3) is 0 Å². The van der Waals surface area contributed by atoms with Gasteiger partial charge in [-0.1, -0.05) is 18.2 Å². The normalized spacial score (nSPS) is 33.7. The molecule has 1 aliphatic heterocycles. The Bertz CT molecular complexity index is 453. The van der Waals surface area contributed by atoms with E-state index in [9.17, 15) is 20.1 Å². The molecule has 0 aromatic heterocycles. The smallest absolute Gasteiger partial charge is 0.251 e. The largest absolute Gasteiger partial charge is 0.394 e. The third-order valence-corrected chi connectivity index (χ3v) is 3.23. The monoisotopic (exact) mass is 283 g/mol. The quantitative estimate of drug-likeness (QED) is 0.447. The van der Waals surface area contributed by atoms with Crippen LogP contribution < -0.4 is 5.32 Å². The molecule has 1 fully saturated rings. The maximum Gasteiger partial charge on any atom is 0.251 e. The summed E-state index contributed by atoms with van der Waals surface area (Å²) in [5.41, 5.74) is 0.352. The van der Waals surface area contributed by atoms with Gasteiger partial charge in [0.15, 0.2) is 6.29 Å². The summed E-state index contributed by atoms with van der Waals surface area (Å²) in [6.07, 6.45) is -5.45. The molecule has 1 aromatic rings. The second-order valence-electron chi connectivity index (χ2n) is 4.59. The number of nitrogens with one attached hydrogen (secondary N) is 1. The summed E-state index contributed by atoms with van der Waals surface area (Å²) in [4.78, 5) is 11.9. The molecular weight excluding hydrogens is 266 g/mol. The van der Waals surface area contributed by atoms with E-state index >= 15 is 0 Å². The molecule has 0 bridgehead atoms. The van der Waals surface area contributed by atoms with Crippen LogP contribution in [0.5, 0.6) is 0 Å². The molecule has 7 nitrogen and oxygen atoms in total. The molecule has 0 spiro atoms. The topological polar surface area (TPSA) is 119 Å². The van der Waals surface area contributed by atoms with Crippen LogP contribution in [0.1, 0.15) is 10.4 Å². The van der Waals surface area contributed by atoms with Crippen molar-refractivity contribution in [3.8, 4) is 0 Å². The maximum absolute atomic E-state index is 11.9. The minimum absolute atomic E-state index is 0.352. The predicted molar refractivity (Wildman–Crippen MR) is 67.7 cm³/mol. The van der Waals surface area contributed by atoms with Gasteiger partial charge in [-0.2, -0.15) is 0 Å². The van der Waals surface area contributed by atoms with Crippen molar-refractivity contribution in [3.63, 3.8) is 0 Å². The molecule has 5 N–H and O–H groups in total. The highest BCUT2D eigenvalue weighted by atomic mass is 16.6. The lowest BCUT2D eigenvalue weighted by molar-refractivity contribution is -0.252. The van der Waals surface area contributed by atoms with Gasteiger partial charge in [-0.3, -0.25) is 4.79 Å². The van der Waals surface area contributed by atoms with Crippen LogP contribution in [0.2, 0.25) is 0 Å². The number of aliphatic hydroxyl groups is 4. The van der Waals surface area contributed by atoms with Crippen LogP contribution in [0.3, 0.4) is 0 Å². The molecule has 3 unspecified atom stereocenters. The molecule has 2 rings (SSSR count). The lowest BCUT2D eigenvalue weighted by Crippen LogP contribution is -2.64. The molecule has 1 aromatic carbocycles. The highest BCUT2D eigenvalue weighted by molar-refractivity contribution is 5.94. The van der Waals surface area contributed by atoms with Crippen molar-refractivity contribution < 1.29 is 30.0 Å². The third-order valence-electron chi connectivity index (χ3n) is 3.23. The van der Waals surface area contributed by atoms with Gasteiger partial charge in [0.2, 0.25) is 0 Å². The standard InChI is InChI=1S/C13H17NO6/c15-6-8-10(16)11(17)9(13(19)20-8)14-12(18)7-4-2-1-3-5-7/h1-5,8-11,13,15-17,19H,6H2,(H,14,18)/t8?,9?,10-,11-,13?/m1/s1. The first-order valence-electron chi connectivity index (χ1n) is 6.21. The Hall–Kier alpha value is -1.51. The van der Waals surface area contributed by atoms with E-state index in [1.807, 2.05) is 0 Å². The number of amides is 1. The molecule has 110 valence electrons. The van der Waals surface area contributed by atoms with Gasteiger partial charge in [0, 0.05) is 5.56 Å². The zero-order valence-electron chi connectivity index (χ0n) is 10.6. The second-order valence-corrected chi connectivity index (χ2v) is 4.59. The van der Waals surface area contributed by atoms with E-state index in [1.54, 1.807) is 30.3 Å². The molecule has 0 saturated carbocycles. The number of rotatable bonds is 3. The first kappa shape index (κ1) is 14.9. The fraction of sp³-hybridized carbons (Fsp3) is 0.462. The summed E-state index contributed by atoms with van der Waals surface area (Å²) in [6.45, 7) is -0.547. The Labute approximate surface area is 115 Å². The summed E-state index contributed by atoms with van der Waals surface area (Å²) in [7, 11) is 0. The van der Waals surface area contributed by atoms with Crippen LogP contribution in [-0.4, -0.2) is 63.6 Å². The van der Waals surface area contributed by atoms with Gasteiger partial charge in [0.05, 0.1) is 6.61 Å². The van der Waals surface area contributed by atoms with Crippen molar-refractivity contribution in [2.45, 2.75) is 30.6 Å². The van der Waals surface area contributed by atoms with E-state index in [0.29, 0.717) is 5.56 Å². The van der Waals surface area contributed by atoms with E-state index < -0.39 is 43.2 Å². The SMILES string of the molecule is O=C(NC1C(O)OC(CO)[C@@H](O)[C@@H]1O)c1ccccc1. The van der Waals surface area contributed by atoms with Crippen molar-refractivity contribution in [2.24, 2.45) is 0 Å². The number of ether oxygens (including phenoxy) is 1. The van der Waals surface area contributed by atoms with Gasteiger partial charge in [0.1, 0.15) is 24.4 Å². The first-order valence-corrected chi connectivity index (χ1v) is 6.21. The summed E-state index contributed by atoms with van der Waals surface area (Å²) in [5.74, 6) is -0.507. The summed E-state index contributed by atoms with van der Waals surface area (Å²) >= 11 is 0. The molecule has 0 radical (unpaired) electrons. The molecule has 1 saturated heterocycles. The third kappa shape index (κ3) is 2.97. The Morgan fingerprint density at radius 1 is 1.15 bits per heavy atom. The molecular formula is C13H17NO6. The molecule has 0 aliphatic carbocycles. The highest BCUT2D eigenvalue weighted by Crippen LogP contribution is 2.20. The van der Waals surface area contributed by atoms with Gasteiger partial charge in [-0.25, -0.2) is 0 Å². The number of hydrogen-bond donors (Lipinski definition) is 5. The fourth-order valence-corrected chi connectivity index (χ4v) is 2.08. The number of benzene rings is 1. The first-order chi connectivity index (χ1) is 9.54. The number of aliphatic hydroxyl groups excluding tert-OH is 4. The minimum Gasteiger partial charge on any atom is -0.394 e. The maximum atomic E-state index is 11.9. The molecule has 7 heteroatoms. The average Bonchev–Trinajstić information content (AvgIpc) is 2.48. The second kappa shape index (κ2) is 6.29. The Morgan fingerprint density at radius 2 is 1.80 bits per heavy atom. The van der Waals surface area contributed by atoms with E-state index in [2.05, 4.69) is 5.32 Å². The van der Waals surface area contributed by atoms with Crippen LogP contribution in [0.15, 0.2) is 30.3 Å². The van der Waals surface area contributed by atoms with E-state index in [4.69, 9.17) is 9.84 Å². The highest BCUT2D eigenvalue weighted by Gasteiger charge is 2.44. The molecule has 5 atom stereocenters. The van der Waals surface area contributed by atoms with Gasteiger partial charge < -0.3 is 30.5 Å². The Balaban J connectivity index is 2.07. The van der Waals surface area contributed by atoms with E-state index in [0.717, 1.165) is 0 Å². The van der Waals surface area contributed by atoms with Crippen molar-refractivity contribution in [1.29, 1.82) is 0 Å². The van der Waals surface area contributed by atoms with E-state index in [1.165, 1.54) is 0 Å². The van der Waals surface area contributed by atoms with Gasteiger partial charge in [0.25, 0.3) is 5.91 Å². The van der Waals surface area contributed by atoms with Gasteiger partial charge in [-0.15, -0.1) is 0 Å². The lowest BCUT2D eigenvalue weighted by Gasteiger charge is -2.40. The molecule has 1 aliphatic rings. The number of carbonyl (C=O) groups excluding carboxylic acids is 1. The zero-order chi connectivity index (χ0) is 14.7. The number of hydrogen-bond acceptors (Lipinski definition) is 6. The fourth-order valence-electron chi connectivity index (χ4n) is 2.08. The summed E-state index contributed by atoms with van der Waals surface area (Å²) in [5, 5.41) is 40.7.